The number of aromatic carboxylic acids is 1. The molecule has 0 aliphatic rings. The SMILES string of the molecule is Cc1ccc(OCCNc2nc(C)c(C(=O)O)s2)cc1C. The van der Waals surface area contributed by atoms with Gasteiger partial charge in [0, 0.05) is 0 Å². The maximum atomic E-state index is 10.9. The van der Waals surface area contributed by atoms with Crippen molar-refractivity contribution >= 4 is 22.4 Å². The molecular weight excluding hydrogens is 288 g/mol. The van der Waals surface area contributed by atoms with Crippen LogP contribution in [0.4, 0.5) is 5.13 Å². The molecule has 0 bridgehead atoms. The first-order valence-electron chi connectivity index (χ1n) is 6.62. The number of nitrogens with one attached hydrogen (secondary N) is 1. The minimum atomic E-state index is -0.940. The quantitative estimate of drug-likeness (QED) is 0.802. The van der Waals surface area contributed by atoms with E-state index in [9.17, 15) is 4.79 Å². The zero-order chi connectivity index (χ0) is 15.4. The summed E-state index contributed by atoms with van der Waals surface area (Å²) in [5, 5.41) is 12.6. The molecule has 2 N–H and O–H groups in total. The fourth-order valence-electron chi connectivity index (χ4n) is 1.80. The van der Waals surface area contributed by atoms with Crippen molar-refractivity contribution in [2.75, 3.05) is 18.5 Å². The topological polar surface area (TPSA) is 71.5 Å². The van der Waals surface area contributed by atoms with Gasteiger partial charge in [0.15, 0.2) is 5.13 Å². The van der Waals surface area contributed by atoms with Gasteiger partial charge in [0.2, 0.25) is 0 Å². The first-order valence-corrected chi connectivity index (χ1v) is 7.43. The second-order valence-corrected chi connectivity index (χ2v) is 5.76. The van der Waals surface area contributed by atoms with Crippen LogP contribution in [0.15, 0.2) is 18.2 Å². The van der Waals surface area contributed by atoms with Crippen molar-refractivity contribution in [2.24, 2.45) is 0 Å². The number of carboxylic acids is 1. The van der Waals surface area contributed by atoms with E-state index in [4.69, 9.17) is 9.84 Å². The lowest BCUT2D eigenvalue weighted by Gasteiger charge is -2.08. The van der Waals surface area contributed by atoms with E-state index in [1.807, 2.05) is 25.1 Å². The first kappa shape index (κ1) is 15.3. The van der Waals surface area contributed by atoms with Gasteiger partial charge in [-0.2, -0.15) is 0 Å². The second-order valence-electron chi connectivity index (χ2n) is 4.76. The summed E-state index contributed by atoms with van der Waals surface area (Å²) in [6.07, 6.45) is 0. The summed E-state index contributed by atoms with van der Waals surface area (Å²) < 4.78 is 5.65. The Morgan fingerprint density at radius 3 is 2.71 bits per heavy atom. The van der Waals surface area contributed by atoms with Crippen molar-refractivity contribution in [3.05, 3.63) is 39.9 Å². The number of hydrogen-bond donors (Lipinski definition) is 2. The molecule has 0 spiro atoms. The number of aromatic nitrogens is 1. The van der Waals surface area contributed by atoms with Crippen LogP contribution in [-0.2, 0) is 0 Å². The van der Waals surface area contributed by atoms with Crippen LogP contribution in [0, 0.1) is 20.8 Å². The van der Waals surface area contributed by atoms with E-state index < -0.39 is 5.97 Å². The Morgan fingerprint density at radius 1 is 1.33 bits per heavy atom. The van der Waals surface area contributed by atoms with Gasteiger partial charge in [-0.1, -0.05) is 17.4 Å². The zero-order valence-corrected chi connectivity index (χ0v) is 13.1. The van der Waals surface area contributed by atoms with Crippen LogP contribution in [0.3, 0.4) is 0 Å². The van der Waals surface area contributed by atoms with Gasteiger partial charge in [-0.25, -0.2) is 9.78 Å². The lowest BCUT2D eigenvalue weighted by molar-refractivity contribution is 0.0701. The number of ether oxygens (including phenoxy) is 1. The van der Waals surface area contributed by atoms with Gasteiger partial charge in [-0.05, 0) is 44.0 Å². The third kappa shape index (κ3) is 3.95. The summed E-state index contributed by atoms with van der Waals surface area (Å²) in [5.74, 6) is -0.106. The van der Waals surface area contributed by atoms with E-state index in [1.165, 1.54) is 11.1 Å². The summed E-state index contributed by atoms with van der Waals surface area (Å²) in [6, 6.07) is 5.98. The van der Waals surface area contributed by atoms with Gasteiger partial charge < -0.3 is 15.2 Å². The fraction of sp³-hybridized carbons (Fsp3) is 0.333. The smallest absolute Gasteiger partial charge is 0.347 e. The van der Waals surface area contributed by atoms with Crippen LogP contribution in [0.2, 0.25) is 0 Å². The highest BCUT2D eigenvalue weighted by Crippen LogP contribution is 2.22. The van der Waals surface area contributed by atoms with Gasteiger partial charge >= 0.3 is 5.97 Å². The van der Waals surface area contributed by atoms with Gasteiger partial charge in [0.05, 0.1) is 12.2 Å². The Morgan fingerprint density at radius 2 is 2.10 bits per heavy atom. The molecule has 0 radical (unpaired) electrons. The average Bonchev–Trinajstić information content (AvgIpc) is 2.80. The van der Waals surface area contributed by atoms with E-state index in [-0.39, 0.29) is 4.88 Å². The highest BCUT2D eigenvalue weighted by atomic mass is 32.1. The predicted octanol–water partition coefficient (Wildman–Crippen LogP) is 3.26. The van der Waals surface area contributed by atoms with Crippen LogP contribution < -0.4 is 10.1 Å². The zero-order valence-electron chi connectivity index (χ0n) is 12.3. The van der Waals surface area contributed by atoms with Crippen LogP contribution in [-0.4, -0.2) is 29.2 Å². The molecule has 1 heterocycles. The molecule has 1 aromatic carbocycles. The molecule has 0 aliphatic heterocycles. The molecule has 0 saturated carbocycles. The Kier molecular flexibility index (Phi) is 4.80. The van der Waals surface area contributed by atoms with Gasteiger partial charge in [0.25, 0.3) is 0 Å². The van der Waals surface area contributed by atoms with Crippen molar-refractivity contribution in [1.29, 1.82) is 0 Å². The molecule has 21 heavy (non-hydrogen) atoms. The van der Waals surface area contributed by atoms with Crippen molar-refractivity contribution in [3.63, 3.8) is 0 Å². The Bertz CT molecular complexity index is 652. The van der Waals surface area contributed by atoms with Crippen molar-refractivity contribution in [3.8, 4) is 5.75 Å². The molecular formula is C15H18N2O3S. The lowest BCUT2D eigenvalue weighted by atomic mass is 10.1. The summed E-state index contributed by atoms with van der Waals surface area (Å²) in [5.41, 5.74) is 2.96. The van der Waals surface area contributed by atoms with Gasteiger partial charge in [-0.15, -0.1) is 0 Å². The predicted molar refractivity (Wildman–Crippen MR) is 83.7 cm³/mol. The lowest BCUT2D eigenvalue weighted by Crippen LogP contribution is -2.11. The monoisotopic (exact) mass is 306 g/mol. The normalized spacial score (nSPS) is 10.4. The number of benzene rings is 1. The number of hydrogen-bond acceptors (Lipinski definition) is 5. The minimum absolute atomic E-state index is 0.271. The number of thiazole rings is 1. The third-order valence-corrected chi connectivity index (χ3v) is 4.22. The number of carboxylic acid groups (broad SMARTS) is 1. The minimum Gasteiger partial charge on any atom is -0.492 e. The molecule has 0 atom stereocenters. The number of aryl methyl sites for hydroxylation is 3. The van der Waals surface area contributed by atoms with Crippen LogP contribution in [0.25, 0.3) is 0 Å². The molecule has 5 nitrogen and oxygen atoms in total. The van der Waals surface area contributed by atoms with E-state index >= 15 is 0 Å². The largest absolute Gasteiger partial charge is 0.492 e. The van der Waals surface area contributed by atoms with Gasteiger partial charge in [0.1, 0.15) is 17.2 Å². The fourth-order valence-corrected chi connectivity index (χ4v) is 2.63. The number of nitrogens with zero attached hydrogens (tertiary/aromatic N) is 1. The Balaban J connectivity index is 1.83. The van der Waals surface area contributed by atoms with E-state index in [0.717, 1.165) is 17.1 Å². The molecule has 2 aromatic rings. The number of carbonyl (C=O) groups is 1. The molecule has 0 aliphatic carbocycles. The summed E-state index contributed by atoms with van der Waals surface area (Å²) in [7, 11) is 0. The molecule has 1 aromatic heterocycles. The summed E-state index contributed by atoms with van der Waals surface area (Å²) >= 11 is 1.14. The molecule has 0 fully saturated rings. The number of rotatable bonds is 6. The number of anilines is 1. The summed E-state index contributed by atoms with van der Waals surface area (Å²) in [4.78, 5) is 15.4. The van der Waals surface area contributed by atoms with E-state index in [1.54, 1.807) is 6.92 Å². The standard InChI is InChI=1S/C15H18N2O3S/c1-9-4-5-12(8-10(9)2)20-7-6-16-15-17-11(3)13(21-15)14(18)19/h4-5,8H,6-7H2,1-3H3,(H,16,17)(H,18,19). The third-order valence-electron chi connectivity index (χ3n) is 3.12. The van der Waals surface area contributed by atoms with Crippen LogP contribution in [0.1, 0.15) is 26.5 Å². The highest BCUT2D eigenvalue weighted by molar-refractivity contribution is 7.17. The molecule has 112 valence electrons. The van der Waals surface area contributed by atoms with Crippen molar-refractivity contribution < 1.29 is 14.6 Å². The molecule has 0 amide bonds. The van der Waals surface area contributed by atoms with Crippen LogP contribution >= 0.6 is 11.3 Å². The Hall–Kier alpha value is -2.08. The Labute approximate surface area is 127 Å². The molecule has 6 heteroatoms. The van der Waals surface area contributed by atoms with Crippen molar-refractivity contribution in [1.82, 2.24) is 4.98 Å². The summed E-state index contributed by atoms with van der Waals surface area (Å²) in [6.45, 7) is 6.86. The average molecular weight is 306 g/mol. The van der Waals surface area contributed by atoms with Gasteiger partial charge in [-0.3, -0.25) is 0 Å². The van der Waals surface area contributed by atoms with E-state index in [0.29, 0.717) is 24.0 Å². The molecule has 0 saturated heterocycles. The van der Waals surface area contributed by atoms with Crippen molar-refractivity contribution in [2.45, 2.75) is 20.8 Å². The van der Waals surface area contributed by atoms with Crippen LogP contribution in [0.5, 0.6) is 5.75 Å². The molecule has 2 rings (SSSR count). The second kappa shape index (κ2) is 6.58. The maximum absolute atomic E-state index is 10.9. The highest BCUT2D eigenvalue weighted by Gasteiger charge is 2.13. The first-order chi connectivity index (χ1) is 9.97. The van der Waals surface area contributed by atoms with E-state index in [2.05, 4.69) is 17.2 Å². The molecule has 0 unspecified atom stereocenters. The maximum Gasteiger partial charge on any atom is 0.347 e.